The van der Waals surface area contributed by atoms with Crippen molar-refractivity contribution >= 4 is 22.8 Å². The lowest BCUT2D eigenvalue weighted by molar-refractivity contribution is -0.117. The van der Waals surface area contributed by atoms with E-state index in [0.29, 0.717) is 35.2 Å². The Bertz CT molecular complexity index is 1520. The molecule has 0 heterocycles. The third-order valence-electron chi connectivity index (χ3n) is 6.01. The highest BCUT2D eigenvalue weighted by Crippen LogP contribution is 2.30. The lowest BCUT2D eigenvalue weighted by atomic mass is 10.1. The minimum atomic E-state index is -0.499. The molecule has 1 N–H and O–H groups in total. The van der Waals surface area contributed by atoms with Gasteiger partial charge in [0.1, 0.15) is 29.7 Å². The second-order valence-corrected chi connectivity index (χ2v) is 8.41. The molecule has 7 heteroatoms. The normalized spacial score (nSPS) is 10.9. The summed E-state index contributed by atoms with van der Waals surface area (Å²) in [5, 5.41) is 14.7. The highest BCUT2D eigenvalue weighted by atomic mass is 16.5. The van der Waals surface area contributed by atoms with Crippen molar-refractivity contribution in [3.63, 3.8) is 0 Å². The molecule has 0 atom stereocenters. The second-order valence-electron chi connectivity index (χ2n) is 8.41. The zero-order valence-corrected chi connectivity index (χ0v) is 21.5. The SMILES string of the molecule is COc1ccc(CNC(=O)/C(C#N)=C/c2ccc(OCc3ccc4ccccc4c3)c(OC)c2)c(OC)c1. The Morgan fingerprint density at radius 1 is 0.842 bits per heavy atom. The van der Waals surface area contributed by atoms with Crippen LogP contribution >= 0.6 is 0 Å². The van der Waals surface area contributed by atoms with Crippen LogP contribution in [0.1, 0.15) is 16.7 Å². The zero-order valence-electron chi connectivity index (χ0n) is 21.5. The van der Waals surface area contributed by atoms with Gasteiger partial charge in [-0.25, -0.2) is 0 Å². The molecule has 0 saturated carbocycles. The van der Waals surface area contributed by atoms with Crippen LogP contribution in [0.4, 0.5) is 0 Å². The van der Waals surface area contributed by atoms with Crippen LogP contribution in [0.25, 0.3) is 16.8 Å². The third kappa shape index (κ3) is 6.23. The van der Waals surface area contributed by atoms with Crippen LogP contribution in [0.2, 0.25) is 0 Å². The Kier molecular flexibility index (Phi) is 8.47. The number of nitriles is 1. The molecule has 0 aliphatic heterocycles. The van der Waals surface area contributed by atoms with Crippen LogP contribution in [-0.4, -0.2) is 27.2 Å². The molecule has 0 unspecified atom stereocenters. The maximum Gasteiger partial charge on any atom is 0.262 e. The quantitative estimate of drug-likeness (QED) is 0.219. The van der Waals surface area contributed by atoms with Crippen molar-refractivity contribution in [3.8, 4) is 29.1 Å². The first-order valence-electron chi connectivity index (χ1n) is 11.9. The summed E-state index contributed by atoms with van der Waals surface area (Å²) in [6, 6.07) is 26.9. The molecule has 0 aromatic heterocycles. The Hall–Kier alpha value is -4.96. The summed E-state index contributed by atoms with van der Waals surface area (Å²) in [6.07, 6.45) is 1.51. The predicted molar refractivity (Wildman–Crippen MR) is 146 cm³/mol. The molecule has 0 aliphatic carbocycles. The van der Waals surface area contributed by atoms with Crippen molar-refractivity contribution < 1.29 is 23.7 Å². The number of fused-ring (bicyclic) bond motifs is 1. The van der Waals surface area contributed by atoms with Crippen LogP contribution in [0, 0.1) is 11.3 Å². The third-order valence-corrected chi connectivity index (χ3v) is 6.01. The molecule has 4 aromatic carbocycles. The van der Waals surface area contributed by atoms with Crippen LogP contribution in [0.5, 0.6) is 23.0 Å². The van der Waals surface area contributed by atoms with E-state index in [1.54, 1.807) is 57.7 Å². The number of hydrogen-bond donors (Lipinski definition) is 1. The van der Waals surface area contributed by atoms with Gasteiger partial charge < -0.3 is 24.3 Å². The standard InChI is InChI=1S/C31H28N2O5/c1-35-27-12-11-25(29(17-27)36-2)19-33-31(34)26(18-32)14-21-9-13-28(30(16-21)37-3)38-20-22-8-10-23-6-4-5-7-24(23)15-22/h4-17H,19-20H2,1-3H3,(H,33,34)/b26-14+. The summed E-state index contributed by atoms with van der Waals surface area (Å²) in [5.74, 6) is 1.79. The number of methoxy groups -OCH3 is 3. The molecular weight excluding hydrogens is 480 g/mol. The van der Waals surface area contributed by atoms with Gasteiger partial charge in [-0.15, -0.1) is 0 Å². The lowest BCUT2D eigenvalue weighted by Crippen LogP contribution is -2.24. The average Bonchev–Trinajstić information content (AvgIpc) is 2.97. The smallest absolute Gasteiger partial charge is 0.262 e. The largest absolute Gasteiger partial charge is 0.497 e. The summed E-state index contributed by atoms with van der Waals surface area (Å²) in [5.41, 5.74) is 2.39. The summed E-state index contributed by atoms with van der Waals surface area (Å²) in [6.45, 7) is 0.562. The molecule has 38 heavy (non-hydrogen) atoms. The van der Waals surface area contributed by atoms with Crippen molar-refractivity contribution in [1.82, 2.24) is 5.32 Å². The maximum atomic E-state index is 12.7. The molecule has 0 saturated heterocycles. The number of carbonyl (C=O) groups excluding carboxylic acids is 1. The molecule has 0 aliphatic rings. The van der Waals surface area contributed by atoms with Gasteiger partial charge in [-0.3, -0.25) is 4.79 Å². The number of ether oxygens (including phenoxy) is 4. The molecule has 4 rings (SSSR count). The van der Waals surface area contributed by atoms with E-state index in [2.05, 4.69) is 29.6 Å². The van der Waals surface area contributed by atoms with E-state index in [9.17, 15) is 10.1 Å². The molecule has 0 spiro atoms. The van der Waals surface area contributed by atoms with E-state index in [1.165, 1.54) is 11.5 Å². The highest BCUT2D eigenvalue weighted by Gasteiger charge is 2.13. The molecule has 0 fully saturated rings. The van der Waals surface area contributed by atoms with E-state index in [0.717, 1.165) is 16.5 Å². The minimum Gasteiger partial charge on any atom is -0.497 e. The first-order chi connectivity index (χ1) is 18.5. The first kappa shape index (κ1) is 26.1. The number of benzene rings is 4. The molecule has 4 aromatic rings. The number of nitrogens with one attached hydrogen (secondary N) is 1. The van der Waals surface area contributed by atoms with Gasteiger partial charge in [0.2, 0.25) is 0 Å². The van der Waals surface area contributed by atoms with Crippen LogP contribution in [-0.2, 0) is 17.9 Å². The second kappa shape index (κ2) is 12.3. The fraction of sp³-hybridized carbons (Fsp3) is 0.161. The van der Waals surface area contributed by atoms with E-state index in [4.69, 9.17) is 18.9 Å². The monoisotopic (exact) mass is 508 g/mol. The van der Waals surface area contributed by atoms with E-state index < -0.39 is 5.91 Å². The van der Waals surface area contributed by atoms with Crippen LogP contribution in [0.15, 0.2) is 84.4 Å². The van der Waals surface area contributed by atoms with Crippen LogP contribution < -0.4 is 24.3 Å². The van der Waals surface area contributed by atoms with E-state index >= 15 is 0 Å². The Morgan fingerprint density at radius 2 is 1.63 bits per heavy atom. The molecular formula is C31H28N2O5. The van der Waals surface area contributed by atoms with Gasteiger partial charge in [0.15, 0.2) is 11.5 Å². The van der Waals surface area contributed by atoms with Gasteiger partial charge in [0.05, 0.1) is 21.3 Å². The van der Waals surface area contributed by atoms with E-state index in [1.807, 2.05) is 24.3 Å². The van der Waals surface area contributed by atoms with Crippen molar-refractivity contribution in [2.24, 2.45) is 0 Å². The number of nitrogens with zero attached hydrogens (tertiary/aromatic N) is 1. The first-order valence-corrected chi connectivity index (χ1v) is 11.9. The fourth-order valence-electron chi connectivity index (χ4n) is 3.97. The molecule has 7 nitrogen and oxygen atoms in total. The maximum absolute atomic E-state index is 12.7. The molecule has 192 valence electrons. The van der Waals surface area contributed by atoms with Crippen molar-refractivity contribution in [2.75, 3.05) is 21.3 Å². The average molecular weight is 509 g/mol. The topological polar surface area (TPSA) is 89.8 Å². The van der Waals surface area contributed by atoms with Crippen molar-refractivity contribution in [2.45, 2.75) is 13.2 Å². The summed E-state index contributed by atoms with van der Waals surface area (Å²) >= 11 is 0. The Labute approximate surface area is 221 Å². The van der Waals surface area contributed by atoms with Crippen LogP contribution in [0.3, 0.4) is 0 Å². The number of carbonyl (C=O) groups is 1. The lowest BCUT2D eigenvalue weighted by Gasteiger charge is -2.12. The molecule has 1 amide bonds. The molecule has 0 radical (unpaired) electrons. The highest BCUT2D eigenvalue weighted by molar-refractivity contribution is 6.01. The van der Waals surface area contributed by atoms with E-state index in [-0.39, 0.29) is 12.1 Å². The zero-order chi connectivity index (χ0) is 26.9. The minimum absolute atomic E-state index is 0.0376. The van der Waals surface area contributed by atoms with Crippen molar-refractivity contribution in [3.05, 3.63) is 101 Å². The van der Waals surface area contributed by atoms with Gasteiger partial charge in [0, 0.05) is 18.2 Å². The van der Waals surface area contributed by atoms with Gasteiger partial charge in [-0.1, -0.05) is 42.5 Å². The summed E-state index contributed by atoms with van der Waals surface area (Å²) < 4.78 is 22.1. The Morgan fingerprint density at radius 3 is 2.37 bits per heavy atom. The van der Waals surface area contributed by atoms with Gasteiger partial charge >= 0.3 is 0 Å². The Balaban J connectivity index is 1.44. The number of amides is 1. The predicted octanol–water partition coefficient (Wildman–Crippen LogP) is 5.67. The van der Waals surface area contributed by atoms with Gasteiger partial charge in [0.25, 0.3) is 5.91 Å². The molecule has 0 bridgehead atoms. The van der Waals surface area contributed by atoms with Gasteiger partial charge in [-0.2, -0.15) is 5.26 Å². The van der Waals surface area contributed by atoms with Gasteiger partial charge in [-0.05, 0) is 58.3 Å². The van der Waals surface area contributed by atoms with Crippen molar-refractivity contribution in [1.29, 1.82) is 5.26 Å². The summed E-state index contributed by atoms with van der Waals surface area (Å²) in [7, 11) is 4.66. The number of rotatable bonds is 10. The summed E-state index contributed by atoms with van der Waals surface area (Å²) in [4.78, 5) is 12.7. The number of hydrogen-bond acceptors (Lipinski definition) is 6. The fourth-order valence-corrected chi connectivity index (χ4v) is 3.97.